The van der Waals surface area contributed by atoms with Crippen molar-refractivity contribution in [3.63, 3.8) is 0 Å². The van der Waals surface area contributed by atoms with Gasteiger partial charge in [-0.3, -0.25) is 0 Å². The SMILES string of the molecule is CCC(NCc1ccccc1O)C1CCCCC1. The van der Waals surface area contributed by atoms with E-state index in [1.54, 1.807) is 6.07 Å². The first-order chi connectivity index (χ1) is 8.81. The lowest BCUT2D eigenvalue weighted by Gasteiger charge is -2.30. The molecule has 18 heavy (non-hydrogen) atoms. The Morgan fingerprint density at radius 1 is 1.22 bits per heavy atom. The first-order valence-corrected chi connectivity index (χ1v) is 7.31. The average molecular weight is 247 g/mol. The van der Waals surface area contributed by atoms with Crippen molar-refractivity contribution in [2.24, 2.45) is 5.92 Å². The normalized spacial score (nSPS) is 18.7. The minimum absolute atomic E-state index is 0.406. The molecule has 2 nitrogen and oxygen atoms in total. The highest BCUT2D eigenvalue weighted by Crippen LogP contribution is 2.28. The van der Waals surface area contributed by atoms with E-state index in [4.69, 9.17) is 0 Å². The standard InChI is InChI=1S/C16H25NO/c1-2-15(13-8-4-3-5-9-13)17-12-14-10-6-7-11-16(14)18/h6-7,10-11,13,15,17-18H,2-5,8-9,12H2,1H3. The van der Waals surface area contributed by atoms with Crippen molar-refractivity contribution in [3.8, 4) is 5.75 Å². The number of nitrogens with one attached hydrogen (secondary N) is 1. The predicted molar refractivity (Wildman–Crippen MR) is 75.6 cm³/mol. The Morgan fingerprint density at radius 2 is 1.94 bits per heavy atom. The summed E-state index contributed by atoms with van der Waals surface area (Å²) in [5.41, 5.74) is 1.01. The van der Waals surface area contributed by atoms with Crippen LogP contribution in [0.15, 0.2) is 24.3 Å². The molecular weight excluding hydrogens is 222 g/mol. The molecule has 0 aromatic heterocycles. The van der Waals surface area contributed by atoms with E-state index in [1.165, 1.54) is 38.5 Å². The quantitative estimate of drug-likeness (QED) is 0.828. The summed E-state index contributed by atoms with van der Waals surface area (Å²) >= 11 is 0. The maximum Gasteiger partial charge on any atom is 0.120 e. The van der Waals surface area contributed by atoms with Crippen LogP contribution in [0.1, 0.15) is 51.0 Å². The van der Waals surface area contributed by atoms with Crippen molar-refractivity contribution >= 4 is 0 Å². The highest BCUT2D eigenvalue weighted by molar-refractivity contribution is 5.31. The number of phenolic OH excluding ortho intramolecular Hbond substituents is 1. The predicted octanol–water partition coefficient (Wildman–Crippen LogP) is 3.84. The fraction of sp³-hybridized carbons (Fsp3) is 0.625. The molecule has 1 aromatic carbocycles. The smallest absolute Gasteiger partial charge is 0.120 e. The lowest BCUT2D eigenvalue weighted by atomic mass is 9.83. The van der Waals surface area contributed by atoms with Crippen LogP contribution in [0, 0.1) is 5.92 Å². The summed E-state index contributed by atoms with van der Waals surface area (Å²) in [7, 11) is 0. The summed E-state index contributed by atoms with van der Waals surface area (Å²) in [4.78, 5) is 0. The molecule has 1 saturated carbocycles. The number of hydrogen-bond donors (Lipinski definition) is 2. The van der Waals surface area contributed by atoms with E-state index in [-0.39, 0.29) is 0 Å². The van der Waals surface area contributed by atoms with E-state index >= 15 is 0 Å². The van der Waals surface area contributed by atoms with Crippen LogP contribution in [0.3, 0.4) is 0 Å². The molecule has 1 fully saturated rings. The second-order valence-electron chi connectivity index (χ2n) is 5.42. The minimum Gasteiger partial charge on any atom is -0.508 e. The van der Waals surface area contributed by atoms with Crippen molar-refractivity contribution in [1.29, 1.82) is 0 Å². The van der Waals surface area contributed by atoms with Crippen LogP contribution >= 0.6 is 0 Å². The van der Waals surface area contributed by atoms with Crippen molar-refractivity contribution in [3.05, 3.63) is 29.8 Å². The Labute approximate surface area is 110 Å². The van der Waals surface area contributed by atoms with Gasteiger partial charge in [0.1, 0.15) is 5.75 Å². The Kier molecular flexibility index (Phi) is 5.06. The monoisotopic (exact) mass is 247 g/mol. The zero-order valence-electron chi connectivity index (χ0n) is 11.4. The topological polar surface area (TPSA) is 32.3 Å². The summed E-state index contributed by atoms with van der Waals surface area (Å²) in [6, 6.07) is 8.22. The molecule has 0 heterocycles. The highest BCUT2D eigenvalue weighted by atomic mass is 16.3. The van der Waals surface area contributed by atoms with Crippen LogP contribution in [0.5, 0.6) is 5.75 Å². The molecule has 1 aliphatic rings. The van der Waals surface area contributed by atoms with Crippen LogP contribution in [0.4, 0.5) is 0 Å². The van der Waals surface area contributed by atoms with E-state index < -0.39 is 0 Å². The molecule has 2 N–H and O–H groups in total. The van der Waals surface area contributed by atoms with Gasteiger partial charge in [0.05, 0.1) is 0 Å². The third-order valence-electron chi connectivity index (χ3n) is 4.21. The molecule has 0 spiro atoms. The molecule has 0 amide bonds. The van der Waals surface area contributed by atoms with Gasteiger partial charge in [-0.05, 0) is 31.2 Å². The number of phenols is 1. The highest BCUT2D eigenvalue weighted by Gasteiger charge is 2.21. The minimum atomic E-state index is 0.406. The van der Waals surface area contributed by atoms with E-state index in [9.17, 15) is 5.11 Å². The van der Waals surface area contributed by atoms with E-state index in [1.807, 2.05) is 18.2 Å². The van der Waals surface area contributed by atoms with Gasteiger partial charge in [-0.1, -0.05) is 44.4 Å². The average Bonchev–Trinajstić information content (AvgIpc) is 2.42. The van der Waals surface area contributed by atoms with Gasteiger partial charge >= 0.3 is 0 Å². The van der Waals surface area contributed by atoms with Gasteiger partial charge in [-0.2, -0.15) is 0 Å². The third kappa shape index (κ3) is 3.49. The molecule has 1 unspecified atom stereocenters. The summed E-state index contributed by atoms with van der Waals surface area (Å²) in [5, 5.41) is 13.4. The molecule has 1 aliphatic carbocycles. The molecule has 0 bridgehead atoms. The lowest BCUT2D eigenvalue weighted by molar-refractivity contribution is 0.261. The summed E-state index contributed by atoms with van der Waals surface area (Å²) < 4.78 is 0. The second-order valence-corrected chi connectivity index (χ2v) is 5.42. The number of hydrogen-bond acceptors (Lipinski definition) is 2. The number of benzene rings is 1. The van der Waals surface area contributed by atoms with E-state index in [2.05, 4.69) is 12.2 Å². The number of rotatable bonds is 5. The Morgan fingerprint density at radius 3 is 2.61 bits per heavy atom. The zero-order valence-corrected chi connectivity index (χ0v) is 11.4. The Hall–Kier alpha value is -1.02. The van der Waals surface area contributed by atoms with Crippen molar-refractivity contribution < 1.29 is 5.11 Å². The van der Waals surface area contributed by atoms with E-state index in [0.717, 1.165) is 18.0 Å². The molecule has 2 heteroatoms. The summed E-state index contributed by atoms with van der Waals surface area (Å²) in [6.45, 7) is 3.04. The van der Waals surface area contributed by atoms with Gasteiger partial charge in [0.25, 0.3) is 0 Å². The zero-order chi connectivity index (χ0) is 12.8. The Balaban J connectivity index is 1.88. The van der Waals surface area contributed by atoms with Crippen LogP contribution in [0.25, 0.3) is 0 Å². The first-order valence-electron chi connectivity index (χ1n) is 7.31. The number of aromatic hydroxyl groups is 1. The lowest BCUT2D eigenvalue weighted by Crippen LogP contribution is -2.36. The summed E-state index contributed by atoms with van der Waals surface area (Å²) in [5.74, 6) is 1.23. The molecule has 0 saturated heterocycles. The third-order valence-corrected chi connectivity index (χ3v) is 4.21. The first kappa shape index (κ1) is 13.4. The van der Waals surface area contributed by atoms with Gasteiger partial charge in [0, 0.05) is 18.2 Å². The van der Waals surface area contributed by atoms with Gasteiger partial charge < -0.3 is 10.4 Å². The number of para-hydroxylation sites is 1. The maximum atomic E-state index is 9.77. The van der Waals surface area contributed by atoms with Crippen LogP contribution in [0.2, 0.25) is 0 Å². The molecule has 0 aliphatic heterocycles. The summed E-state index contributed by atoms with van der Waals surface area (Å²) in [6.07, 6.45) is 8.10. The fourth-order valence-electron chi connectivity index (χ4n) is 3.08. The van der Waals surface area contributed by atoms with Gasteiger partial charge in [0.2, 0.25) is 0 Å². The van der Waals surface area contributed by atoms with Gasteiger partial charge in [0.15, 0.2) is 0 Å². The van der Waals surface area contributed by atoms with Gasteiger partial charge in [-0.15, -0.1) is 0 Å². The largest absolute Gasteiger partial charge is 0.508 e. The van der Waals surface area contributed by atoms with Crippen molar-refractivity contribution in [1.82, 2.24) is 5.32 Å². The van der Waals surface area contributed by atoms with Crippen LogP contribution < -0.4 is 5.32 Å². The fourth-order valence-corrected chi connectivity index (χ4v) is 3.08. The molecule has 2 rings (SSSR count). The van der Waals surface area contributed by atoms with Crippen molar-refractivity contribution in [2.45, 2.75) is 58.0 Å². The maximum absolute atomic E-state index is 9.77. The van der Waals surface area contributed by atoms with Gasteiger partial charge in [-0.25, -0.2) is 0 Å². The molecule has 0 radical (unpaired) electrons. The van der Waals surface area contributed by atoms with E-state index in [0.29, 0.717) is 11.8 Å². The van der Waals surface area contributed by atoms with Crippen LogP contribution in [-0.4, -0.2) is 11.1 Å². The van der Waals surface area contributed by atoms with Crippen molar-refractivity contribution in [2.75, 3.05) is 0 Å². The molecule has 1 atom stereocenters. The van der Waals surface area contributed by atoms with Crippen LogP contribution in [-0.2, 0) is 6.54 Å². The molecule has 100 valence electrons. The molecular formula is C16H25NO. The second kappa shape index (κ2) is 6.79. The molecule has 1 aromatic rings. The Bertz CT molecular complexity index is 358.